The van der Waals surface area contributed by atoms with Crippen LogP contribution in [0.4, 0.5) is 5.69 Å². The van der Waals surface area contributed by atoms with E-state index in [0.29, 0.717) is 11.1 Å². The fourth-order valence-corrected chi connectivity index (χ4v) is 4.10. The molecule has 0 saturated heterocycles. The van der Waals surface area contributed by atoms with Gasteiger partial charge in [-0.25, -0.2) is 4.79 Å². The average Bonchev–Trinajstić information content (AvgIpc) is 2.74. The normalized spacial score (nSPS) is 11.4. The zero-order valence-corrected chi connectivity index (χ0v) is 19.3. The zero-order chi connectivity index (χ0) is 24.8. The monoisotopic (exact) mass is 489 g/mol. The van der Waals surface area contributed by atoms with Crippen molar-refractivity contribution in [3.05, 3.63) is 110 Å². The Labute approximate surface area is 195 Å². The minimum atomic E-state index is -4.21. The lowest BCUT2D eigenvalue weighted by atomic mass is 9.94. The second kappa shape index (κ2) is 11.0. The highest BCUT2D eigenvalue weighted by Crippen LogP contribution is 2.36. The van der Waals surface area contributed by atoms with Crippen LogP contribution in [0.15, 0.2) is 72.8 Å². The van der Waals surface area contributed by atoms with Gasteiger partial charge in [0.25, 0.3) is 5.69 Å². The Morgan fingerprint density at radius 2 is 1.64 bits per heavy atom. The number of nitro benzene ring substituents is 1. The van der Waals surface area contributed by atoms with Crippen molar-refractivity contribution < 1.29 is 29.2 Å². The lowest BCUT2D eigenvalue weighted by molar-refractivity contribution is -0.384. The van der Waals surface area contributed by atoms with Crippen LogP contribution in [0.2, 0.25) is 5.02 Å². The molecule has 3 aromatic rings. The Bertz CT molecular complexity index is 1250. The molecule has 0 amide bonds. The molecule has 0 unspecified atom stereocenters. The van der Waals surface area contributed by atoms with Crippen LogP contribution in [0, 0.1) is 24.0 Å². The van der Waals surface area contributed by atoms with E-state index >= 15 is 0 Å². The Balaban J connectivity index is 0.000000273. The van der Waals surface area contributed by atoms with Crippen LogP contribution in [-0.4, -0.2) is 25.8 Å². The SMILES string of the molecule is Cc1ccc(Cl)c(P(=O)(O)O)c1.Cc1ccccc1C(=CC(=O)O)c1ccc([N+](=O)[O-])cc1. The van der Waals surface area contributed by atoms with E-state index in [1.165, 1.54) is 24.3 Å². The van der Waals surface area contributed by atoms with Crippen molar-refractivity contribution in [2.75, 3.05) is 0 Å². The summed E-state index contributed by atoms with van der Waals surface area (Å²) in [7, 11) is -4.21. The molecule has 3 rings (SSSR count). The Morgan fingerprint density at radius 3 is 2.12 bits per heavy atom. The number of carboxylic acids is 1. The summed E-state index contributed by atoms with van der Waals surface area (Å²) in [5, 5.41) is 19.7. The van der Waals surface area contributed by atoms with Gasteiger partial charge < -0.3 is 14.9 Å². The van der Waals surface area contributed by atoms with E-state index in [1.807, 2.05) is 31.2 Å². The van der Waals surface area contributed by atoms with Crippen LogP contribution >= 0.6 is 19.2 Å². The fraction of sp³-hybridized carbons (Fsp3) is 0.0870. The highest BCUT2D eigenvalue weighted by atomic mass is 35.5. The van der Waals surface area contributed by atoms with Gasteiger partial charge in [-0.15, -0.1) is 0 Å². The molecular weight excluding hydrogens is 469 g/mol. The molecule has 172 valence electrons. The van der Waals surface area contributed by atoms with E-state index in [0.717, 1.165) is 22.8 Å². The summed E-state index contributed by atoms with van der Waals surface area (Å²) >= 11 is 5.59. The lowest BCUT2D eigenvalue weighted by Gasteiger charge is -2.10. The highest BCUT2D eigenvalue weighted by molar-refractivity contribution is 7.60. The molecule has 3 N–H and O–H groups in total. The van der Waals surface area contributed by atoms with E-state index in [-0.39, 0.29) is 16.0 Å². The Hall–Kier alpha value is -3.29. The van der Waals surface area contributed by atoms with Crippen molar-refractivity contribution in [2.24, 2.45) is 0 Å². The largest absolute Gasteiger partial charge is 0.478 e. The van der Waals surface area contributed by atoms with Gasteiger partial charge in [0.05, 0.1) is 15.3 Å². The van der Waals surface area contributed by atoms with Gasteiger partial charge >= 0.3 is 13.6 Å². The summed E-state index contributed by atoms with van der Waals surface area (Å²) in [5.41, 5.74) is 3.61. The van der Waals surface area contributed by atoms with E-state index in [4.69, 9.17) is 26.5 Å². The van der Waals surface area contributed by atoms with Gasteiger partial charge in [0.2, 0.25) is 0 Å². The molecule has 10 heteroatoms. The highest BCUT2D eigenvalue weighted by Gasteiger charge is 2.20. The van der Waals surface area contributed by atoms with E-state index in [2.05, 4.69) is 0 Å². The van der Waals surface area contributed by atoms with Crippen molar-refractivity contribution >= 4 is 41.7 Å². The molecule has 0 fully saturated rings. The predicted octanol–water partition coefficient (Wildman–Crippen LogP) is 4.87. The number of benzene rings is 3. The molecule has 33 heavy (non-hydrogen) atoms. The zero-order valence-electron chi connectivity index (χ0n) is 17.7. The van der Waals surface area contributed by atoms with Crippen LogP contribution in [0.1, 0.15) is 22.3 Å². The van der Waals surface area contributed by atoms with Crippen molar-refractivity contribution in [1.29, 1.82) is 0 Å². The number of carbonyl (C=O) groups is 1. The third-order valence-corrected chi connectivity index (χ3v) is 5.97. The summed E-state index contributed by atoms with van der Waals surface area (Å²) in [5.74, 6) is -1.06. The minimum Gasteiger partial charge on any atom is -0.478 e. The third kappa shape index (κ3) is 7.37. The van der Waals surface area contributed by atoms with Crippen LogP contribution in [0.3, 0.4) is 0 Å². The molecule has 0 radical (unpaired) electrons. The number of nitrogens with zero attached hydrogens (tertiary/aromatic N) is 1. The summed E-state index contributed by atoms with van der Waals surface area (Å²) in [6, 6.07) is 17.8. The molecule has 0 saturated carbocycles. The molecule has 0 atom stereocenters. The van der Waals surface area contributed by atoms with E-state index < -0.39 is 18.5 Å². The Kier molecular flexibility index (Phi) is 8.68. The first kappa shape index (κ1) is 26.0. The van der Waals surface area contributed by atoms with Gasteiger partial charge in [-0.3, -0.25) is 14.7 Å². The molecule has 0 aliphatic rings. The van der Waals surface area contributed by atoms with Crippen molar-refractivity contribution in [3.8, 4) is 0 Å². The number of hydrogen-bond donors (Lipinski definition) is 3. The average molecular weight is 490 g/mol. The number of nitro groups is 1. The number of rotatable bonds is 5. The first-order valence-electron chi connectivity index (χ1n) is 9.48. The summed E-state index contributed by atoms with van der Waals surface area (Å²) in [6.45, 7) is 3.63. The maximum absolute atomic E-state index is 11.1. The summed E-state index contributed by atoms with van der Waals surface area (Å²) in [6.07, 6.45) is 1.11. The van der Waals surface area contributed by atoms with Gasteiger partial charge in [0.1, 0.15) is 0 Å². The van der Waals surface area contributed by atoms with Crippen LogP contribution < -0.4 is 5.30 Å². The first-order chi connectivity index (χ1) is 15.4. The molecule has 0 aromatic heterocycles. The van der Waals surface area contributed by atoms with Crippen LogP contribution in [0.25, 0.3) is 5.57 Å². The number of non-ortho nitro benzene ring substituents is 1. The summed E-state index contributed by atoms with van der Waals surface area (Å²) in [4.78, 5) is 38.9. The molecule has 8 nitrogen and oxygen atoms in total. The number of halogens is 1. The van der Waals surface area contributed by atoms with Gasteiger partial charge in [-0.1, -0.05) is 47.5 Å². The minimum absolute atomic E-state index is 0.0294. The fourth-order valence-electron chi connectivity index (χ4n) is 2.92. The molecule has 0 aliphatic heterocycles. The molecule has 0 aliphatic carbocycles. The number of carboxylic acid groups (broad SMARTS) is 1. The van der Waals surface area contributed by atoms with E-state index in [9.17, 15) is 19.5 Å². The van der Waals surface area contributed by atoms with Crippen molar-refractivity contribution in [2.45, 2.75) is 13.8 Å². The van der Waals surface area contributed by atoms with Crippen molar-refractivity contribution in [3.63, 3.8) is 0 Å². The first-order valence-corrected chi connectivity index (χ1v) is 11.5. The number of aryl methyl sites for hydroxylation is 2. The maximum Gasteiger partial charge on any atom is 0.357 e. The molecule has 3 aromatic carbocycles. The quantitative estimate of drug-likeness (QED) is 0.201. The molecule has 0 heterocycles. The van der Waals surface area contributed by atoms with Crippen LogP contribution in [0.5, 0.6) is 0 Å². The maximum atomic E-state index is 11.1. The molecule has 0 spiro atoms. The lowest BCUT2D eigenvalue weighted by Crippen LogP contribution is -2.05. The number of aliphatic carboxylic acids is 1. The van der Waals surface area contributed by atoms with Gasteiger partial charge in [0.15, 0.2) is 0 Å². The number of hydrogen-bond acceptors (Lipinski definition) is 4. The molecular formula is C23H21ClNO7P. The topological polar surface area (TPSA) is 138 Å². The van der Waals surface area contributed by atoms with Gasteiger partial charge in [-0.2, -0.15) is 0 Å². The Morgan fingerprint density at radius 1 is 1.03 bits per heavy atom. The molecule has 0 bridgehead atoms. The second-order valence-corrected chi connectivity index (χ2v) is 8.99. The smallest absolute Gasteiger partial charge is 0.357 e. The van der Waals surface area contributed by atoms with Crippen LogP contribution in [-0.2, 0) is 9.36 Å². The predicted molar refractivity (Wildman–Crippen MR) is 127 cm³/mol. The van der Waals surface area contributed by atoms with Crippen molar-refractivity contribution in [1.82, 2.24) is 0 Å². The summed E-state index contributed by atoms with van der Waals surface area (Å²) < 4.78 is 10.8. The second-order valence-electron chi connectivity index (χ2n) is 7.01. The van der Waals surface area contributed by atoms with E-state index in [1.54, 1.807) is 25.1 Å². The van der Waals surface area contributed by atoms with Gasteiger partial charge in [0, 0.05) is 18.2 Å². The van der Waals surface area contributed by atoms with Gasteiger partial charge in [-0.05, 0) is 60.4 Å². The standard InChI is InChI=1S/C16H13NO4.C7H8ClO3P/c1-11-4-2-3-5-14(11)15(10-16(18)19)12-6-8-13(9-7-12)17(20)21;1-5-2-3-6(8)7(4-5)12(9,10)11/h2-10H,1H3,(H,18,19);2-4H,1H3,(H2,9,10,11). The third-order valence-electron chi connectivity index (χ3n) is 4.51.